The Morgan fingerprint density at radius 2 is 2.12 bits per heavy atom. The van der Waals surface area contributed by atoms with E-state index in [1.165, 1.54) is 35.1 Å². The molecule has 0 radical (unpaired) electrons. The molecule has 5 nitrogen and oxygen atoms in total. The van der Waals surface area contributed by atoms with Crippen LogP contribution in [-0.2, 0) is 11.2 Å². The van der Waals surface area contributed by atoms with Crippen LogP contribution in [-0.4, -0.2) is 39.3 Å². The quantitative estimate of drug-likeness (QED) is 0.760. The van der Waals surface area contributed by atoms with Crippen molar-refractivity contribution in [2.24, 2.45) is 0 Å². The number of likely N-dealkylation sites (tertiary alicyclic amines) is 1. The number of nitrogens with one attached hydrogen (secondary N) is 1. The number of aromatic nitrogens is 2. The highest BCUT2D eigenvalue weighted by molar-refractivity contribution is 8.01. The molecule has 1 aliphatic heterocycles. The molecule has 0 aliphatic carbocycles. The van der Waals surface area contributed by atoms with Crippen molar-refractivity contribution in [3.8, 4) is 0 Å². The third kappa shape index (κ3) is 4.95. The van der Waals surface area contributed by atoms with E-state index in [0.717, 1.165) is 41.0 Å². The summed E-state index contributed by atoms with van der Waals surface area (Å²) in [6.45, 7) is 5.17. The number of aryl methyl sites for hydroxylation is 1. The van der Waals surface area contributed by atoms with Crippen LogP contribution in [0.1, 0.15) is 38.7 Å². The normalized spacial score (nSPS) is 17.5. The Kier molecular flexibility index (Phi) is 6.31. The second kappa shape index (κ2) is 8.67. The van der Waals surface area contributed by atoms with Crippen LogP contribution in [0.15, 0.2) is 28.6 Å². The predicted molar refractivity (Wildman–Crippen MR) is 105 cm³/mol. The molecule has 2 heterocycles. The van der Waals surface area contributed by atoms with E-state index in [0.29, 0.717) is 11.8 Å². The minimum atomic E-state index is 0.206. The van der Waals surface area contributed by atoms with Gasteiger partial charge in [-0.3, -0.25) is 4.79 Å². The zero-order valence-electron chi connectivity index (χ0n) is 14.7. The van der Waals surface area contributed by atoms with Gasteiger partial charge < -0.3 is 10.2 Å². The Bertz CT molecular complexity index is 701. The van der Waals surface area contributed by atoms with Crippen LogP contribution in [0.5, 0.6) is 0 Å². The number of hydrogen-bond donors (Lipinski definition) is 1. The highest BCUT2D eigenvalue weighted by Gasteiger charge is 2.23. The molecule has 2 aromatic rings. The minimum absolute atomic E-state index is 0.206. The molecule has 3 rings (SSSR count). The molecule has 1 aromatic carbocycles. The van der Waals surface area contributed by atoms with Crippen LogP contribution < -0.4 is 5.32 Å². The van der Waals surface area contributed by atoms with Crippen molar-refractivity contribution in [2.75, 3.05) is 17.6 Å². The van der Waals surface area contributed by atoms with Gasteiger partial charge in [-0.15, -0.1) is 10.2 Å². The Labute approximate surface area is 157 Å². The molecule has 1 N–H and O–H groups in total. The van der Waals surface area contributed by atoms with E-state index in [4.69, 9.17) is 0 Å². The monoisotopic (exact) mass is 376 g/mol. The van der Waals surface area contributed by atoms with Crippen molar-refractivity contribution in [3.63, 3.8) is 0 Å². The summed E-state index contributed by atoms with van der Waals surface area (Å²) >= 11 is 2.96. The van der Waals surface area contributed by atoms with Crippen molar-refractivity contribution < 1.29 is 4.79 Å². The van der Waals surface area contributed by atoms with Gasteiger partial charge in [-0.25, -0.2) is 0 Å². The lowest BCUT2D eigenvalue weighted by atomic mass is 10.0. The topological polar surface area (TPSA) is 58.1 Å². The Balaban J connectivity index is 1.51. The number of amides is 1. The maximum atomic E-state index is 12.4. The molecule has 1 fully saturated rings. The van der Waals surface area contributed by atoms with Gasteiger partial charge in [-0.05, 0) is 50.3 Å². The van der Waals surface area contributed by atoms with Gasteiger partial charge in [0.25, 0.3) is 0 Å². The van der Waals surface area contributed by atoms with E-state index in [1.54, 1.807) is 0 Å². The third-order valence-electron chi connectivity index (χ3n) is 4.46. The van der Waals surface area contributed by atoms with Crippen LogP contribution in [0.25, 0.3) is 0 Å². The molecule has 134 valence electrons. The molecular formula is C18H24N4OS2. The highest BCUT2D eigenvalue weighted by Crippen LogP contribution is 2.28. The summed E-state index contributed by atoms with van der Waals surface area (Å²) in [4.78, 5) is 14.4. The lowest BCUT2D eigenvalue weighted by Gasteiger charge is -2.33. The zero-order chi connectivity index (χ0) is 17.6. The van der Waals surface area contributed by atoms with Crippen molar-refractivity contribution in [1.82, 2.24) is 15.1 Å². The van der Waals surface area contributed by atoms with E-state index in [-0.39, 0.29) is 5.91 Å². The molecule has 1 aromatic heterocycles. The molecule has 1 saturated heterocycles. The number of benzene rings is 1. The minimum Gasteiger partial charge on any atom is -0.339 e. The van der Waals surface area contributed by atoms with Crippen molar-refractivity contribution in [2.45, 2.75) is 49.9 Å². The summed E-state index contributed by atoms with van der Waals surface area (Å²) in [6.07, 6.45) is 4.48. The van der Waals surface area contributed by atoms with Gasteiger partial charge in [0.1, 0.15) is 0 Å². The van der Waals surface area contributed by atoms with E-state index in [2.05, 4.69) is 41.5 Å². The molecule has 25 heavy (non-hydrogen) atoms. The standard InChI is InChI=1S/C18H24N4OS2/c1-3-14-7-9-15(10-8-14)19-17-20-21-18(25-17)24-12-16(23)22-11-5-4-6-13(22)2/h7-10,13H,3-6,11-12H2,1-2H3,(H,19,20). The Morgan fingerprint density at radius 1 is 1.32 bits per heavy atom. The van der Waals surface area contributed by atoms with E-state index in [9.17, 15) is 4.79 Å². The first-order valence-corrected chi connectivity index (χ1v) is 10.6. The number of nitrogens with zero attached hydrogens (tertiary/aromatic N) is 3. The van der Waals surface area contributed by atoms with Crippen LogP contribution in [0.3, 0.4) is 0 Å². The van der Waals surface area contributed by atoms with Gasteiger partial charge in [-0.1, -0.05) is 42.2 Å². The zero-order valence-corrected chi connectivity index (χ0v) is 16.3. The predicted octanol–water partition coefficient (Wildman–Crippen LogP) is 4.34. The van der Waals surface area contributed by atoms with Crippen molar-refractivity contribution >= 4 is 39.8 Å². The van der Waals surface area contributed by atoms with Crippen LogP contribution >= 0.6 is 23.1 Å². The smallest absolute Gasteiger partial charge is 0.233 e. The van der Waals surface area contributed by atoms with Crippen LogP contribution in [0.2, 0.25) is 0 Å². The second-order valence-corrected chi connectivity index (χ2v) is 8.47. The number of carbonyl (C=O) groups excluding carboxylic acids is 1. The molecule has 0 spiro atoms. The molecule has 0 bridgehead atoms. The highest BCUT2D eigenvalue weighted by atomic mass is 32.2. The van der Waals surface area contributed by atoms with E-state index < -0.39 is 0 Å². The maximum absolute atomic E-state index is 12.4. The van der Waals surface area contributed by atoms with Crippen LogP contribution in [0.4, 0.5) is 10.8 Å². The summed E-state index contributed by atoms with van der Waals surface area (Å²) in [5.74, 6) is 0.640. The summed E-state index contributed by atoms with van der Waals surface area (Å²) in [5.41, 5.74) is 2.31. The lowest BCUT2D eigenvalue weighted by molar-refractivity contribution is -0.131. The fourth-order valence-electron chi connectivity index (χ4n) is 2.94. The number of rotatable bonds is 6. The number of piperidine rings is 1. The maximum Gasteiger partial charge on any atom is 0.233 e. The first kappa shape index (κ1) is 18.2. The van der Waals surface area contributed by atoms with Gasteiger partial charge in [0.05, 0.1) is 5.75 Å². The summed E-state index contributed by atoms with van der Waals surface area (Å²) in [6, 6.07) is 8.68. The van der Waals surface area contributed by atoms with Gasteiger partial charge in [0.2, 0.25) is 11.0 Å². The van der Waals surface area contributed by atoms with E-state index in [1.807, 2.05) is 17.0 Å². The molecule has 0 saturated carbocycles. The van der Waals surface area contributed by atoms with Gasteiger partial charge in [-0.2, -0.15) is 0 Å². The fraction of sp³-hybridized carbons (Fsp3) is 0.500. The summed E-state index contributed by atoms with van der Waals surface area (Å²) in [5, 5.41) is 12.4. The molecular weight excluding hydrogens is 352 g/mol. The largest absolute Gasteiger partial charge is 0.339 e. The molecule has 7 heteroatoms. The average molecular weight is 377 g/mol. The SMILES string of the molecule is CCc1ccc(Nc2nnc(SCC(=O)N3CCCCC3C)s2)cc1. The molecule has 1 unspecified atom stereocenters. The second-order valence-electron chi connectivity index (χ2n) is 6.27. The number of carbonyl (C=O) groups is 1. The first-order valence-electron chi connectivity index (χ1n) is 8.77. The number of thioether (sulfide) groups is 1. The third-order valence-corrected chi connectivity index (χ3v) is 6.42. The van der Waals surface area contributed by atoms with Gasteiger partial charge in [0.15, 0.2) is 4.34 Å². The number of hydrogen-bond acceptors (Lipinski definition) is 6. The van der Waals surface area contributed by atoms with E-state index >= 15 is 0 Å². The Morgan fingerprint density at radius 3 is 2.84 bits per heavy atom. The Hall–Kier alpha value is -1.60. The van der Waals surface area contributed by atoms with Crippen LogP contribution in [0, 0.1) is 0 Å². The number of anilines is 2. The molecule has 1 amide bonds. The van der Waals surface area contributed by atoms with Gasteiger partial charge in [0, 0.05) is 18.3 Å². The van der Waals surface area contributed by atoms with Gasteiger partial charge >= 0.3 is 0 Å². The molecule has 1 atom stereocenters. The van der Waals surface area contributed by atoms with Crippen molar-refractivity contribution in [1.29, 1.82) is 0 Å². The molecule has 1 aliphatic rings. The first-order chi connectivity index (χ1) is 12.2. The fourth-order valence-corrected chi connectivity index (χ4v) is 4.60. The average Bonchev–Trinajstić information content (AvgIpc) is 3.08. The summed E-state index contributed by atoms with van der Waals surface area (Å²) in [7, 11) is 0. The van der Waals surface area contributed by atoms with Crippen molar-refractivity contribution in [3.05, 3.63) is 29.8 Å². The lowest BCUT2D eigenvalue weighted by Crippen LogP contribution is -2.42. The summed E-state index contributed by atoms with van der Waals surface area (Å²) < 4.78 is 0.825.